The highest BCUT2D eigenvalue weighted by Crippen LogP contribution is 2.17. The molecule has 21 heavy (non-hydrogen) atoms. The van der Waals surface area contributed by atoms with Gasteiger partial charge in [0, 0.05) is 32.2 Å². The molecule has 0 spiro atoms. The molecule has 116 valence electrons. The van der Waals surface area contributed by atoms with Crippen LogP contribution in [0.5, 0.6) is 0 Å². The minimum atomic E-state index is -0.798. The highest BCUT2D eigenvalue weighted by atomic mass is 19.1. The monoisotopic (exact) mass is 297 g/mol. The Morgan fingerprint density at radius 3 is 2.48 bits per heavy atom. The zero-order valence-electron chi connectivity index (χ0n) is 12.2. The number of piperazine rings is 1. The van der Waals surface area contributed by atoms with E-state index in [-0.39, 0.29) is 17.0 Å². The van der Waals surface area contributed by atoms with Crippen molar-refractivity contribution >= 4 is 5.91 Å². The molecule has 0 bridgehead atoms. The van der Waals surface area contributed by atoms with E-state index in [0.717, 1.165) is 32.1 Å². The van der Waals surface area contributed by atoms with Gasteiger partial charge in [0.05, 0.1) is 5.56 Å². The minimum absolute atomic E-state index is 0.0516. The second-order valence-electron chi connectivity index (χ2n) is 5.36. The van der Waals surface area contributed by atoms with Gasteiger partial charge in [-0.1, -0.05) is 0 Å². The number of hydrogen-bond donors (Lipinski definition) is 1. The molecule has 1 aliphatic heterocycles. The molecule has 6 heteroatoms. The zero-order chi connectivity index (χ0) is 15.4. The lowest BCUT2D eigenvalue weighted by Crippen LogP contribution is -2.49. The molecule has 1 heterocycles. The van der Waals surface area contributed by atoms with Gasteiger partial charge in [0.2, 0.25) is 0 Å². The first-order valence-electron chi connectivity index (χ1n) is 7.20. The number of halogens is 2. The molecule has 1 aromatic rings. The highest BCUT2D eigenvalue weighted by molar-refractivity contribution is 5.94. The van der Waals surface area contributed by atoms with Gasteiger partial charge in [0.25, 0.3) is 5.91 Å². The second kappa shape index (κ2) is 6.95. The molecule has 0 aliphatic carbocycles. The molecule has 1 saturated heterocycles. The molecule has 1 fully saturated rings. The lowest BCUT2D eigenvalue weighted by molar-refractivity contribution is 0.0632. The van der Waals surface area contributed by atoms with Crippen LogP contribution in [-0.2, 0) is 0 Å². The third-order valence-electron chi connectivity index (χ3n) is 3.82. The van der Waals surface area contributed by atoms with Crippen molar-refractivity contribution in [1.29, 1.82) is 0 Å². The molecule has 0 aromatic heterocycles. The van der Waals surface area contributed by atoms with Crippen molar-refractivity contribution in [1.82, 2.24) is 9.80 Å². The van der Waals surface area contributed by atoms with E-state index in [1.165, 1.54) is 13.0 Å². The summed E-state index contributed by atoms with van der Waals surface area (Å²) in [5, 5.41) is 0. The number of benzene rings is 1. The summed E-state index contributed by atoms with van der Waals surface area (Å²) >= 11 is 0. The lowest BCUT2D eigenvalue weighted by Gasteiger charge is -2.34. The van der Waals surface area contributed by atoms with Gasteiger partial charge in [-0.3, -0.25) is 9.69 Å². The Balaban J connectivity index is 2.00. The predicted octanol–water partition coefficient (Wildman–Crippen LogP) is 1.38. The molecule has 0 unspecified atom stereocenters. The number of hydrogen-bond acceptors (Lipinski definition) is 3. The van der Waals surface area contributed by atoms with Gasteiger partial charge in [0.15, 0.2) is 0 Å². The van der Waals surface area contributed by atoms with Crippen LogP contribution in [-0.4, -0.2) is 55.0 Å². The maximum atomic E-state index is 13.8. The molecule has 0 radical (unpaired) electrons. The van der Waals surface area contributed by atoms with Gasteiger partial charge in [-0.25, -0.2) is 8.78 Å². The minimum Gasteiger partial charge on any atom is -0.336 e. The summed E-state index contributed by atoms with van der Waals surface area (Å²) in [7, 11) is 0. The number of nitrogens with zero attached hydrogens (tertiary/aromatic N) is 2. The Bertz CT molecular complexity index is 514. The second-order valence-corrected chi connectivity index (χ2v) is 5.36. The van der Waals surface area contributed by atoms with E-state index < -0.39 is 11.6 Å². The van der Waals surface area contributed by atoms with Gasteiger partial charge in [-0.05, 0) is 38.1 Å². The van der Waals surface area contributed by atoms with Crippen LogP contribution in [0.15, 0.2) is 12.1 Å². The van der Waals surface area contributed by atoms with Crippen LogP contribution in [0.3, 0.4) is 0 Å². The van der Waals surface area contributed by atoms with E-state index in [0.29, 0.717) is 19.6 Å². The van der Waals surface area contributed by atoms with Crippen LogP contribution in [0.4, 0.5) is 8.78 Å². The number of carbonyl (C=O) groups excluding carboxylic acids is 1. The molecule has 0 atom stereocenters. The first kappa shape index (κ1) is 15.9. The van der Waals surface area contributed by atoms with Crippen molar-refractivity contribution < 1.29 is 13.6 Å². The van der Waals surface area contributed by atoms with Gasteiger partial charge in [-0.2, -0.15) is 0 Å². The smallest absolute Gasteiger partial charge is 0.256 e. The van der Waals surface area contributed by atoms with Gasteiger partial charge in [-0.15, -0.1) is 0 Å². The highest BCUT2D eigenvalue weighted by Gasteiger charge is 2.24. The molecule has 2 N–H and O–H groups in total. The van der Waals surface area contributed by atoms with Crippen molar-refractivity contribution in [3.8, 4) is 0 Å². The Labute approximate surface area is 123 Å². The Kier molecular flexibility index (Phi) is 5.25. The number of aryl methyl sites for hydroxylation is 1. The summed E-state index contributed by atoms with van der Waals surface area (Å²) in [5.41, 5.74) is 5.70. The fraction of sp³-hybridized carbons (Fsp3) is 0.533. The predicted molar refractivity (Wildman–Crippen MR) is 77.1 cm³/mol. The molecule has 1 amide bonds. The average molecular weight is 297 g/mol. The van der Waals surface area contributed by atoms with Crippen molar-refractivity contribution in [3.05, 3.63) is 34.9 Å². The molecular formula is C15H21F2N3O. The van der Waals surface area contributed by atoms with Crippen LogP contribution in [0.2, 0.25) is 0 Å². The summed E-state index contributed by atoms with van der Waals surface area (Å²) in [6.45, 7) is 5.72. The normalized spacial score (nSPS) is 16.3. The number of rotatable bonds is 4. The maximum absolute atomic E-state index is 13.8. The summed E-state index contributed by atoms with van der Waals surface area (Å²) < 4.78 is 27.0. The molecular weight excluding hydrogens is 276 g/mol. The van der Waals surface area contributed by atoms with Crippen LogP contribution >= 0.6 is 0 Å². The maximum Gasteiger partial charge on any atom is 0.256 e. The number of amides is 1. The van der Waals surface area contributed by atoms with E-state index in [1.54, 1.807) is 4.90 Å². The Morgan fingerprint density at radius 1 is 1.19 bits per heavy atom. The molecule has 2 rings (SSSR count). The molecule has 4 nitrogen and oxygen atoms in total. The number of carbonyl (C=O) groups is 1. The van der Waals surface area contributed by atoms with Gasteiger partial charge >= 0.3 is 0 Å². The van der Waals surface area contributed by atoms with Gasteiger partial charge in [0.1, 0.15) is 11.6 Å². The first-order valence-corrected chi connectivity index (χ1v) is 7.20. The van der Waals surface area contributed by atoms with Crippen LogP contribution in [0.1, 0.15) is 22.3 Å². The molecule has 1 aliphatic rings. The third kappa shape index (κ3) is 3.77. The van der Waals surface area contributed by atoms with Crippen molar-refractivity contribution in [2.75, 3.05) is 39.3 Å². The van der Waals surface area contributed by atoms with E-state index >= 15 is 0 Å². The molecule has 0 saturated carbocycles. The van der Waals surface area contributed by atoms with E-state index in [2.05, 4.69) is 4.90 Å². The van der Waals surface area contributed by atoms with Crippen LogP contribution < -0.4 is 5.73 Å². The fourth-order valence-electron chi connectivity index (χ4n) is 2.48. The molecule has 1 aromatic carbocycles. The Hall–Kier alpha value is -1.53. The summed E-state index contributed by atoms with van der Waals surface area (Å²) in [4.78, 5) is 16.2. The summed E-state index contributed by atoms with van der Waals surface area (Å²) in [6, 6.07) is 2.06. The van der Waals surface area contributed by atoms with Crippen molar-refractivity contribution in [2.45, 2.75) is 13.3 Å². The number of nitrogens with two attached hydrogens (primary N) is 1. The first-order chi connectivity index (χ1) is 10.0. The van der Waals surface area contributed by atoms with Crippen molar-refractivity contribution in [2.24, 2.45) is 5.73 Å². The summed E-state index contributed by atoms with van der Waals surface area (Å²) in [5.74, 6) is -1.79. The van der Waals surface area contributed by atoms with Crippen LogP contribution in [0, 0.1) is 18.6 Å². The third-order valence-corrected chi connectivity index (χ3v) is 3.82. The van der Waals surface area contributed by atoms with E-state index in [9.17, 15) is 13.6 Å². The quantitative estimate of drug-likeness (QED) is 0.913. The lowest BCUT2D eigenvalue weighted by atomic mass is 10.1. The van der Waals surface area contributed by atoms with Crippen LogP contribution in [0.25, 0.3) is 0 Å². The largest absolute Gasteiger partial charge is 0.336 e. The standard InChI is InChI=1S/C15H21F2N3O/c1-11-9-12(14(17)10-13(11)16)15(21)20-7-5-19(6-8-20)4-2-3-18/h9-10H,2-8,18H2,1H3. The van der Waals surface area contributed by atoms with E-state index in [1.807, 2.05) is 0 Å². The van der Waals surface area contributed by atoms with E-state index in [4.69, 9.17) is 5.73 Å². The fourth-order valence-corrected chi connectivity index (χ4v) is 2.48. The summed E-state index contributed by atoms with van der Waals surface area (Å²) in [6.07, 6.45) is 0.930. The SMILES string of the molecule is Cc1cc(C(=O)N2CCN(CCCN)CC2)c(F)cc1F. The average Bonchev–Trinajstić information content (AvgIpc) is 2.48. The van der Waals surface area contributed by atoms with Crippen molar-refractivity contribution in [3.63, 3.8) is 0 Å². The zero-order valence-corrected chi connectivity index (χ0v) is 12.2. The van der Waals surface area contributed by atoms with Gasteiger partial charge < -0.3 is 10.6 Å². The Morgan fingerprint density at radius 2 is 1.86 bits per heavy atom. The topological polar surface area (TPSA) is 49.6 Å².